The van der Waals surface area contributed by atoms with Crippen molar-refractivity contribution >= 4 is 14.1 Å². The molecule has 1 fully saturated rings. The van der Waals surface area contributed by atoms with E-state index in [1.165, 1.54) is 0 Å². The molecule has 4 unspecified atom stereocenters. The van der Waals surface area contributed by atoms with Crippen molar-refractivity contribution in [3.63, 3.8) is 0 Å². The zero-order chi connectivity index (χ0) is 12.1. The molecule has 3 nitrogen and oxygen atoms in total. The predicted octanol–water partition coefficient (Wildman–Crippen LogP) is 2.34. The van der Waals surface area contributed by atoms with Gasteiger partial charge in [0.25, 0.3) is 0 Å². The van der Waals surface area contributed by atoms with Gasteiger partial charge in [-0.05, 0) is 32.6 Å². The normalized spacial score (nSPS) is 42.8. The van der Waals surface area contributed by atoms with E-state index in [0.717, 1.165) is 0 Å². The predicted molar refractivity (Wildman–Crippen MR) is 64.5 cm³/mol. The molecule has 0 N–H and O–H groups in total. The number of carbonyl (C=O) groups excluding carboxylic acids is 1. The molecule has 1 saturated heterocycles. The average molecular weight is 240 g/mol. The van der Waals surface area contributed by atoms with Gasteiger partial charge in [-0.25, -0.2) is 0 Å². The zero-order valence-electron chi connectivity index (χ0n) is 10.6. The van der Waals surface area contributed by atoms with Crippen molar-refractivity contribution in [2.75, 3.05) is 0 Å². The van der Waals surface area contributed by atoms with Crippen molar-refractivity contribution in [3.05, 3.63) is 12.2 Å². The van der Waals surface area contributed by atoms with E-state index >= 15 is 0 Å². The van der Waals surface area contributed by atoms with Crippen molar-refractivity contribution in [2.24, 2.45) is 11.8 Å². The van der Waals surface area contributed by atoms with Crippen molar-refractivity contribution in [3.8, 4) is 0 Å². The molecule has 0 aromatic carbocycles. The Morgan fingerprint density at radius 3 is 2.56 bits per heavy atom. The van der Waals surface area contributed by atoms with Crippen molar-refractivity contribution in [1.82, 2.24) is 0 Å². The minimum Gasteiger partial charge on any atom is -0.387 e. The summed E-state index contributed by atoms with van der Waals surface area (Å²) in [5.74, 6) is -0.783. The van der Waals surface area contributed by atoms with Crippen LogP contribution in [0.5, 0.6) is 0 Å². The number of fused-ring (bicyclic) bond motifs is 2. The van der Waals surface area contributed by atoms with Gasteiger partial charge in [-0.3, -0.25) is 4.79 Å². The van der Waals surface area contributed by atoms with Crippen LogP contribution >= 0.6 is 0 Å². The first-order valence-corrected chi connectivity index (χ1v) is 9.27. The lowest BCUT2D eigenvalue weighted by Crippen LogP contribution is -2.55. The van der Waals surface area contributed by atoms with Gasteiger partial charge in [0, 0.05) is 5.92 Å². The van der Waals surface area contributed by atoms with E-state index in [1.54, 1.807) is 0 Å². The maximum absolute atomic E-state index is 12.1. The molecule has 0 saturated carbocycles. The van der Waals surface area contributed by atoms with E-state index in [9.17, 15) is 4.79 Å². The molecule has 4 heteroatoms. The van der Waals surface area contributed by atoms with Gasteiger partial charge in [-0.1, -0.05) is 13.0 Å². The van der Waals surface area contributed by atoms with Crippen LogP contribution in [0.3, 0.4) is 0 Å². The van der Waals surface area contributed by atoms with Gasteiger partial charge in [0.1, 0.15) is 5.78 Å². The van der Waals surface area contributed by atoms with Crippen molar-refractivity contribution in [2.45, 2.75) is 45.4 Å². The summed E-state index contributed by atoms with van der Waals surface area (Å²) >= 11 is 0. The molecule has 90 valence electrons. The molecule has 0 radical (unpaired) electrons. The fourth-order valence-corrected chi connectivity index (χ4v) is 3.66. The van der Waals surface area contributed by atoms with Crippen LogP contribution in [-0.4, -0.2) is 26.0 Å². The van der Waals surface area contributed by atoms with Crippen molar-refractivity contribution < 1.29 is 14.0 Å². The lowest BCUT2D eigenvalue weighted by Gasteiger charge is -2.43. The highest BCUT2D eigenvalue weighted by Crippen LogP contribution is 2.43. The van der Waals surface area contributed by atoms with Gasteiger partial charge in [-0.2, -0.15) is 0 Å². The van der Waals surface area contributed by atoms with Gasteiger partial charge in [0.05, 0.1) is 12.0 Å². The van der Waals surface area contributed by atoms with Crippen LogP contribution in [-0.2, 0) is 14.0 Å². The fraction of sp³-hybridized carbons (Fsp3) is 0.750. The Bertz CT molecular complexity index is 345. The number of ketones is 1. The van der Waals surface area contributed by atoms with Crippen LogP contribution in [0.15, 0.2) is 12.2 Å². The SMILES string of the molecule is CC1C(=O)C(C)C2(O[Si](C)(C)C)C=CC1O2. The second kappa shape index (κ2) is 3.52. The highest BCUT2D eigenvalue weighted by molar-refractivity contribution is 6.69. The van der Waals surface area contributed by atoms with Crippen LogP contribution in [0.1, 0.15) is 13.8 Å². The summed E-state index contributed by atoms with van der Waals surface area (Å²) in [6.45, 7) is 10.2. The Labute approximate surface area is 97.9 Å². The van der Waals surface area contributed by atoms with Gasteiger partial charge < -0.3 is 9.16 Å². The van der Waals surface area contributed by atoms with E-state index < -0.39 is 14.1 Å². The third-order valence-electron chi connectivity index (χ3n) is 3.28. The smallest absolute Gasteiger partial charge is 0.189 e. The average Bonchev–Trinajstić information content (AvgIpc) is 2.53. The summed E-state index contributed by atoms with van der Waals surface area (Å²) in [6, 6.07) is 0. The maximum Gasteiger partial charge on any atom is 0.189 e. The summed E-state index contributed by atoms with van der Waals surface area (Å²) in [5, 5.41) is 0. The highest BCUT2D eigenvalue weighted by atomic mass is 28.4. The quantitative estimate of drug-likeness (QED) is 0.549. The summed E-state index contributed by atoms with van der Waals surface area (Å²) < 4.78 is 12.0. The number of ether oxygens (including phenoxy) is 1. The molecule has 2 aliphatic heterocycles. The number of hydrogen-bond acceptors (Lipinski definition) is 3. The Balaban J connectivity index is 2.29. The second-order valence-electron chi connectivity index (χ2n) is 5.79. The van der Waals surface area contributed by atoms with Gasteiger partial charge in [-0.15, -0.1) is 0 Å². The van der Waals surface area contributed by atoms with Crippen LogP contribution in [0, 0.1) is 11.8 Å². The third-order valence-corrected chi connectivity index (χ3v) is 4.21. The Hall–Kier alpha value is -0.453. The van der Waals surface area contributed by atoms with Crippen molar-refractivity contribution in [1.29, 1.82) is 0 Å². The Morgan fingerprint density at radius 2 is 2.00 bits per heavy atom. The highest BCUT2D eigenvalue weighted by Gasteiger charge is 2.54. The molecule has 0 spiro atoms. The Morgan fingerprint density at radius 1 is 1.38 bits per heavy atom. The summed E-state index contributed by atoms with van der Waals surface area (Å²) in [5.41, 5.74) is 0. The summed E-state index contributed by atoms with van der Waals surface area (Å²) in [4.78, 5) is 12.1. The first kappa shape index (κ1) is 12.0. The second-order valence-corrected chi connectivity index (χ2v) is 10.2. The molecule has 2 aliphatic rings. The lowest BCUT2D eigenvalue weighted by atomic mass is 9.86. The standard InChI is InChI=1S/C12H20O3Si/c1-8-10-6-7-12(14-10,9(2)11(8)13)15-16(3,4)5/h6-10H,1-5H3. The molecule has 4 atom stereocenters. The van der Waals surface area contributed by atoms with Crippen LogP contribution < -0.4 is 0 Å². The van der Waals surface area contributed by atoms with E-state index in [0.29, 0.717) is 0 Å². The molecule has 0 aromatic heterocycles. The molecule has 0 amide bonds. The summed E-state index contributed by atoms with van der Waals surface area (Å²) in [7, 11) is -1.73. The molecule has 0 aromatic rings. The molecular weight excluding hydrogens is 220 g/mol. The number of Topliss-reactive ketones (excluding diaryl/α,β-unsaturated/α-hetero) is 1. The first-order valence-electron chi connectivity index (χ1n) is 5.86. The topological polar surface area (TPSA) is 35.5 Å². The molecule has 0 aliphatic carbocycles. The fourth-order valence-electron chi connectivity index (χ4n) is 2.41. The maximum atomic E-state index is 12.1. The third kappa shape index (κ3) is 1.79. The van der Waals surface area contributed by atoms with Gasteiger partial charge >= 0.3 is 0 Å². The number of carbonyl (C=O) groups is 1. The molecule has 2 heterocycles. The molecule has 2 bridgehead atoms. The lowest BCUT2D eigenvalue weighted by molar-refractivity contribution is -0.218. The molecular formula is C12H20O3Si. The van der Waals surface area contributed by atoms with Crippen LogP contribution in [0.2, 0.25) is 19.6 Å². The van der Waals surface area contributed by atoms with E-state index in [-0.39, 0.29) is 23.7 Å². The van der Waals surface area contributed by atoms with Gasteiger partial charge in [0.15, 0.2) is 14.1 Å². The van der Waals surface area contributed by atoms with E-state index in [4.69, 9.17) is 9.16 Å². The zero-order valence-corrected chi connectivity index (χ0v) is 11.6. The Kier molecular flexibility index (Phi) is 2.64. The summed E-state index contributed by atoms with van der Waals surface area (Å²) in [6.07, 6.45) is 3.83. The van der Waals surface area contributed by atoms with E-state index in [2.05, 4.69) is 19.6 Å². The number of rotatable bonds is 2. The number of hydrogen-bond donors (Lipinski definition) is 0. The van der Waals surface area contributed by atoms with Crippen LogP contribution in [0.25, 0.3) is 0 Å². The monoisotopic (exact) mass is 240 g/mol. The largest absolute Gasteiger partial charge is 0.387 e. The minimum absolute atomic E-state index is 0.0490. The van der Waals surface area contributed by atoms with E-state index in [1.807, 2.05) is 26.0 Å². The van der Waals surface area contributed by atoms with Crippen LogP contribution in [0.4, 0.5) is 0 Å². The first-order chi connectivity index (χ1) is 7.25. The molecule has 2 rings (SSSR count). The molecule has 16 heavy (non-hydrogen) atoms. The van der Waals surface area contributed by atoms with Gasteiger partial charge in [0.2, 0.25) is 0 Å². The minimum atomic E-state index is -1.73.